The number of aryl methyl sites for hydroxylation is 1. The Labute approximate surface area is 158 Å². The highest BCUT2D eigenvalue weighted by molar-refractivity contribution is 9.10. The van der Waals surface area contributed by atoms with Crippen molar-refractivity contribution in [1.82, 2.24) is 9.78 Å². The van der Waals surface area contributed by atoms with Crippen molar-refractivity contribution in [2.24, 2.45) is 0 Å². The van der Waals surface area contributed by atoms with Crippen LogP contribution in [0.15, 0.2) is 28.9 Å². The third-order valence-corrected chi connectivity index (χ3v) is 4.43. The van der Waals surface area contributed by atoms with E-state index in [-0.39, 0.29) is 23.5 Å². The third kappa shape index (κ3) is 4.69. The van der Waals surface area contributed by atoms with Gasteiger partial charge in [-0.05, 0) is 41.1 Å². The van der Waals surface area contributed by atoms with Gasteiger partial charge in [-0.2, -0.15) is 5.10 Å². The normalized spacial score (nSPS) is 10.3. The predicted molar refractivity (Wildman–Crippen MR) is 97.0 cm³/mol. The fraction of sp³-hybridized carbons (Fsp3) is 0.294. The molecule has 0 aliphatic heterocycles. The number of nitrogens with zero attached hydrogens (tertiary/aromatic N) is 2. The lowest BCUT2D eigenvalue weighted by Crippen LogP contribution is -2.17. The van der Waals surface area contributed by atoms with Crippen molar-refractivity contribution in [2.75, 3.05) is 19.5 Å². The van der Waals surface area contributed by atoms with Crippen LogP contribution < -0.4 is 5.32 Å². The molecule has 2 rings (SSSR count). The van der Waals surface area contributed by atoms with Crippen LogP contribution in [0.3, 0.4) is 0 Å². The highest BCUT2D eigenvalue weighted by Gasteiger charge is 2.15. The van der Waals surface area contributed by atoms with Crippen molar-refractivity contribution >= 4 is 39.5 Å². The number of anilines is 1. The first-order chi connectivity index (χ1) is 12.3. The number of aromatic nitrogens is 2. The van der Waals surface area contributed by atoms with E-state index in [2.05, 4.69) is 35.8 Å². The summed E-state index contributed by atoms with van der Waals surface area (Å²) in [5.74, 6) is -1.53. The Hall–Kier alpha value is -2.68. The van der Waals surface area contributed by atoms with E-state index in [4.69, 9.17) is 0 Å². The molecular formula is C17H18BrN3O5. The lowest BCUT2D eigenvalue weighted by atomic mass is 10.1. The highest BCUT2D eigenvalue weighted by Crippen LogP contribution is 2.18. The van der Waals surface area contributed by atoms with E-state index in [0.717, 1.165) is 10.2 Å². The minimum absolute atomic E-state index is 0.137. The maximum Gasteiger partial charge on any atom is 0.337 e. The summed E-state index contributed by atoms with van der Waals surface area (Å²) in [6.45, 7) is 2.28. The number of hydrogen-bond acceptors (Lipinski definition) is 6. The molecule has 138 valence electrons. The minimum Gasteiger partial charge on any atom is -0.465 e. The number of halogens is 1. The number of hydrogen-bond donors (Lipinski definition) is 1. The SMILES string of the molecule is COC(=O)c1cc(NC(=O)CCn2ncc(Br)c2C)cc(C(=O)OC)c1. The van der Waals surface area contributed by atoms with E-state index < -0.39 is 11.9 Å². The van der Waals surface area contributed by atoms with E-state index in [1.807, 2.05) is 6.92 Å². The molecule has 0 atom stereocenters. The van der Waals surface area contributed by atoms with Gasteiger partial charge in [-0.15, -0.1) is 0 Å². The van der Waals surface area contributed by atoms with Gasteiger partial charge in [-0.25, -0.2) is 9.59 Å². The minimum atomic E-state index is -0.622. The Balaban J connectivity index is 2.13. The molecule has 1 aromatic carbocycles. The number of ether oxygens (including phenoxy) is 2. The van der Waals surface area contributed by atoms with E-state index in [9.17, 15) is 14.4 Å². The largest absolute Gasteiger partial charge is 0.465 e. The third-order valence-electron chi connectivity index (χ3n) is 3.65. The summed E-state index contributed by atoms with van der Waals surface area (Å²) in [6.07, 6.45) is 1.83. The van der Waals surface area contributed by atoms with Gasteiger partial charge in [0.25, 0.3) is 0 Å². The molecule has 1 aromatic heterocycles. The molecule has 0 aliphatic rings. The Bertz CT molecular complexity index is 813. The summed E-state index contributed by atoms with van der Waals surface area (Å²) in [6, 6.07) is 4.22. The van der Waals surface area contributed by atoms with Crippen molar-refractivity contribution in [2.45, 2.75) is 19.9 Å². The summed E-state index contributed by atoms with van der Waals surface area (Å²) in [4.78, 5) is 35.7. The van der Waals surface area contributed by atoms with Gasteiger partial charge in [0.1, 0.15) is 0 Å². The lowest BCUT2D eigenvalue weighted by Gasteiger charge is -2.10. The van der Waals surface area contributed by atoms with Crippen molar-refractivity contribution < 1.29 is 23.9 Å². The number of carbonyl (C=O) groups excluding carboxylic acids is 3. The van der Waals surface area contributed by atoms with Crippen LogP contribution in [0.4, 0.5) is 5.69 Å². The molecule has 26 heavy (non-hydrogen) atoms. The van der Waals surface area contributed by atoms with Crippen LogP contribution in [0.5, 0.6) is 0 Å². The van der Waals surface area contributed by atoms with Gasteiger partial charge in [0.05, 0.1) is 42.6 Å². The molecule has 8 nitrogen and oxygen atoms in total. The summed E-state index contributed by atoms with van der Waals surface area (Å²) >= 11 is 3.36. The first-order valence-corrected chi connectivity index (χ1v) is 8.44. The van der Waals surface area contributed by atoms with Gasteiger partial charge in [0.2, 0.25) is 5.91 Å². The molecule has 0 saturated carbocycles. The molecule has 1 N–H and O–H groups in total. The van der Waals surface area contributed by atoms with Crippen LogP contribution in [0.25, 0.3) is 0 Å². The van der Waals surface area contributed by atoms with Crippen LogP contribution in [0.1, 0.15) is 32.8 Å². The fourth-order valence-electron chi connectivity index (χ4n) is 2.25. The Morgan fingerprint density at radius 1 is 1.12 bits per heavy atom. The number of nitrogens with one attached hydrogen (secondary N) is 1. The van der Waals surface area contributed by atoms with Gasteiger partial charge in [0.15, 0.2) is 0 Å². The summed E-state index contributed by atoms with van der Waals surface area (Å²) < 4.78 is 11.9. The van der Waals surface area contributed by atoms with Gasteiger partial charge >= 0.3 is 11.9 Å². The number of esters is 2. The second kappa shape index (κ2) is 8.61. The van der Waals surface area contributed by atoms with Crippen molar-refractivity contribution in [3.8, 4) is 0 Å². The molecule has 0 unspecified atom stereocenters. The fourth-order valence-corrected chi connectivity index (χ4v) is 2.55. The summed E-state index contributed by atoms with van der Waals surface area (Å²) in [7, 11) is 2.46. The first-order valence-electron chi connectivity index (χ1n) is 7.65. The number of methoxy groups -OCH3 is 2. The molecule has 9 heteroatoms. The molecule has 0 fully saturated rings. The monoisotopic (exact) mass is 423 g/mol. The van der Waals surface area contributed by atoms with Gasteiger partial charge in [0, 0.05) is 17.8 Å². The molecule has 0 saturated heterocycles. The first kappa shape index (κ1) is 19.6. The van der Waals surface area contributed by atoms with E-state index in [1.54, 1.807) is 10.9 Å². The predicted octanol–water partition coefficient (Wildman–Crippen LogP) is 2.56. The number of benzene rings is 1. The smallest absolute Gasteiger partial charge is 0.337 e. The number of amides is 1. The van der Waals surface area contributed by atoms with E-state index in [1.165, 1.54) is 32.4 Å². The van der Waals surface area contributed by atoms with Crippen LogP contribution in [-0.2, 0) is 20.8 Å². The van der Waals surface area contributed by atoms with Crippen molar-refractivity contribution in [3.63, 3.8) is 0 Å². The molecule has 2 aromatic rings. The summed E-state index contributed by atoms with van der Waals surface area (Å²) in [5.41, 5.74) is 1.49. The highest BCUT2D eigenvalue weighted by atomic mass is 79.9. The van der Waals surface area contributed by atoms with Crippen molar-refractivity contribution in [1.29, 1.82) is 0 Å². The molecule has 1 amide bonds. The Morgan fingerprint density at radius 2 is 1.69 bits per heavy atom. The van der Waals surface area contributed by atoms with Gasteiger partial charge < -0.3 is 14.8 Å². The standard InChI is InChI=1S/C17H18BrN3O5/c1-10-14(18)9-19-21(10)5-4-15(22)20-13-7-11(16(23)25-2)6-12(8-13)17(24)26-3/h6-9H,4-5H2,1-3H3,(H,20,22). The average Bonchev–Trinajstić information content (AvgIpc) is 2.96. The maximum atomic E-state index is 12.2. The molecule has 0 aliphatic carbocycles. The maximum absolute atomic E-state index is 12.2. The van der Waals surface area contributed by atoms with Crippen LogP contribution in [-0.4, -0.2) is 41.8 Å². The number of rotatable bonds is 6. The van der Waals surface area contributed by atoms with Gasteiger partial charge in [-0.3, -0.25) is 9.48 Å². The summed E-state index contributed by atoms with van der Waals surface area (Å²) in [5, 5.41) is 6.83. The zero-order valence-corrected chi connectivity index (χ0v) is 16.1. The van der Waals surface area contributed by atoms with Crippen LogP contribution >= 0.6 is 15.9 Å². The van der Waals surface area contributed by atoms with Crippen LogP contribution in [0.2, 0.25) is 0 Å². The topological polar surface area (TPSA) is 99.5 Å². The molecule has 0 bridgehead atoms. The second-order valence-electron chi connectivity index (χ2n) is 5.38. The Kier molecular flexibility index (Phi) is 6.51. The van der Waals surface area contributed by atoms with Crippen molar-refractivity contribution in [3.05, 3.63) is 45.7 Å². The molecular weight excluding hydrogens is 406 g/mol. The van der Waals surface area contributed by atoms with E-state index in [0.29, 0.717) is 12.2 Å². The van der Waals surface area contributed by atoms with Crippen LogP contribution in [0, 0.1) is 6.92 Å². The van der Waals surface area contributed by atoms with E-state index >= 15 is 0 Å². The zero-order valence-electron chi connectivity index (χ0n) is 14.5. The quantitative estimate of drug-likeness (QED) is 0.716. The average molecular weight is 424 g/mol. The van der Waals surface area contributed by atoms with Gasteiger partial charge in [-0.1, -0.05) is 0 Å². The lowest BCUT2D eigenvalue weighted by molar-refractivity contribution is -0.116. The molecule has 1 heterocycles. The molecule has 0 radical (unpaired) electrons. The molecule has 0 spiro atoms. The second-order valence-corrected chi connectivity index (χ2v) is 6.24. The zero-order chi connectivity index (χ0) is 19.3. The number of carbonyl (C=O) groups is 3. The Morgan fingerprint density at radius 3 is 2.15 bits per heavy atom.